The van der Waals surface area contributed by atoms with Crippen LogP contribution in [-0.2, 0) is 6.18 Å². The Morgan fingerprint density at radius 2 is 1.41 bits per heavy atom. The monoisotopic (exact) mass is 376 g/mol. The van der Waals surface area contributed by atoms with Crippen LogP contribution in [0.2, 0.25) is 0 Å². The minimum Gasteiger partial charge on any atom is -0.398 e. The van der Waals surface area contributed by atoms with Crippen LogP contribution < -0.4 is 28.7 Å². The molecule has 0 aromatic heterocycles. The van der Waals surface area contributed by atoms with Gasteiger partial charge in [0.25, 0.3) is 0 Å². The van der Waals surface area contributed by atoms with Crippen molar-refractivity contribution in [3.05, 3.63) is 82.9 Å². The molecule has 0 aliphatic rings. The van der Waals surface area contributed by atoms with Gasteiger partial charge in [0.1, 0.15) is 17.5 Å². The van der Waals surface area contributed by atoms with Gasteiger partial charge in [0.2, 0.25) is 0 Å². The van der Waals surface area contributed by atoms with E-state index >= 15 is 0 Å². The number of hydrogen-bond donors (Lipinski definition) is 5. The number of amidine groups is 1. The Hall–Kier alpha value is -3.62. The Morgan fingerprint density at radius 1 is 0.852 bits per heavy atom. The molecule has 142 valence electrons. The number of para-hydroxylation sites is 1. The second-order valence-electron chi connectivity index (χ2n) is 5.57. The number of nitrogens with zero attached hydrogens (tertiary/aromatic N) is 1. The molecular formula is C18H19F3N6. The summed E-state index contributed by atoms with van der Waals surface area (Å²) in [5.41, 5.74) is 28.3. The van der Waals surface area contributed by atoms with Crippen molar-refractivity contribution in [2.24, 2.45) is 27.9 Å². The van der Waals surface area contributed by atoms with Crippen LogP contribution in [0, 0.1) is 0 Å². The number of benzene rings is 2. The maximum absolute atomic E-state index is 13.3. The summed E-state index contributed by atoms with van der Waals surface area (Å²) in [6, 6.07) is 11.5. The topological polar surface area (TPSA) is 142 Å². The van der Waals surface area contributed by atoms with Crippen molar-refractivity contribution in [2.45, 2.75) is 6.18 Å². The third kappa shape index (κ3) is 4.72. The van der Waals surface area contributed by atoms with E-state index in [1.165, 1.54) is 18.2 Å². The average Bonchev–Trinajstić information content (AvgIpc) is 2.59. The summed E-state index contributed by atoms with van der Waals surface area (Å²) in [4.78, 5) is 3.97. The standard InChI is InChI=1S/C18H19F3N6/c19-18(20,21)13-7-3-1-5-10(13)12(16(24)25)9-15(23)27-17(26)11-6-2-4-8-14(11)22/h1-9H,22-25H2,(H2,26,27)/b15-9+. The quantitative estimate of drug-likeness (QED) is 0.240. The predicted octanol–water partition coefficient (Wildman–Crippen LogP) is 2.08. The number of nitrogen functional groups attached to an aromatic ring is 1. The minimum absolute atomic E-state index is 0.000833. The molecule has 10 N–H and O–H groups in total. The molecule has 0 fully saturated rings. The summed E-state index contributed by atoms with van der Waals surface area (Å²) in [6.45, 7) is 0. The van der Waals surface area contributed by atoms with Gasteiger partial charge in [-0.25, -0.2) is 4.99 Å². The van der Waals surface area contributed by atoms with E-state index in [1.54, 1.807) is 24.3 Å². The number of anilines is 1. The molecule has 0 radical (unpaired) electrons. The number of alkyl halides is 3. The molecule has 0 atom stereocenters. The second kappa shape index (κ2) is 7.73. The molecule has 0 bridgehead atoms. The summed E-state index contributed by atoms with van der Waals surface area (Å²) >= 11 is 0. The van der Waals surface area contributed by atoms with Gasteiger partial charge in [-0.1, -0.05) is 30.3 Å². The highest BCUT2D eigenvalue weighted by Gasteiger charge is 2.33. The van der Waals surface area contributed by atoms with E-state index in [-0.39, 0.29) is 28.6 Å². The minimum atomic E-state index is -4.60. The summed E-state index contributed by atoms with van der Waals surface area (Å²) in [7, 11) is 0. The highest BCUT2D eigenvalue weighted by Crippen LogP contribution is 2.35. The molecule has 0 unspecified atom stereocenters. The average molecular weight is 376 g/mol. The van der Waals surface area contributed by atoms with Gasteiger partial charge in [0.05, 0.1) is 5.56 Å². The van der Waals surface area contributed by atoms with Gasteiger partial charge in [0.15, 0.2) is 0 Å². The molecule has 6 nitrogen and oxygen atoms in total. The third-order valence-corrected chi connectivity index (χ3v) is 3.61. The zero-order valence-corrected chi connectivity index (χ0v) is 14.2. The Morgan fingerprint density at radius 3 is 1.96 bits per heavy atom. The van der Waals surface area contributed by atoms with Crippen LogP contribution in [0.5, 0.6) is 0 Å². The van der Waals surface area contributed by atoms with Crippen molar-refractivity contribution >= 4 is 17.1 Å². The molecule has 0 amide bonds. The SMILES string of the molecule is NC(=N/C(N)=C/C(=C(N)N)c1ccccc1C(F)(F)F)c1ccccc1N. The number of hydrogen-bond acceptors (Lipinski definition) is 5. The first-order valence-electron chi connectivity index (χ1n) is 7.69. The van der Waals surface area contributed by atoms with Crippen LogP contribution in [-0.4, -0.2) is 5.84 Å². The smallest absolute Gasteiger partial charge is 0.398 e. The maximum Gasteiger partial charge on any atom is 0.417 e. The highest BCUT2D eigenvalue weighted by molar-refractivity contribution is 6.02. The van der Waals surface area contributed by atoms with Gasteiger partial charge in [-0.3, -0.25) is 0 Å². The molecule has 9 heteroatoms. The normalized spacial score (nSPS) is 12.7. The fourth-order valence-electron chi connectivity index (χ4n) is 2.39. The van der Waals surface area contributed by atoms with Crippen LogP contribution in [0.15, 0.2) is 71.2 Å². The van der Waals surface area contributed by atoms with E-state index in [0.717, 1.165) is 12.1 Å². The fraction of sp³-hybridized carbons (Fsp3) is 0.0556. The van der Waals surface area contributed by atoms with Crippen molar-refractivity contribution < 1.29 is 13.2 Å². The summed E-state index contributed by atoms with van der Waals surface area (Å²) in [6.07, 6.45) is -3.47. The van der Waals surface area contributed by atoms with Crippen molar-refractivity contribution in [1.82, 2.24) is 0 Å². The Kier molecular flexibility index (Phi) is 5.64. The van der Waals surface area contributed by atoms with Crippen LogP contribution in [0.1, 0.15) is 16.7 Å². The van der Waals surface area contributed by atoms with E-state index in [4.69, 9.17) is 28.7 Å². The van der Waals surface area contributed by atoms with E-state index in [2.05, 4.69) is 4.99 Å². The molecule has 0 aliphatic carbocycles. The lowest BCUT2D eigenvalue weighted by atomic mass is 9.98. The van der Waals surface area contributed by atoms with E-state index in [0.29, 0.717) is 11.3 Å². The van der Waals surface area contributed by atoms with Gasteiger partial charge < -0.3 is 28.7 Å². The molecule has 0 aliphatic heterocycles. The van der Waals surface area contributed by atoms with Gasteiger partial charge in [0, 0.05) is 16.8 Å². The van der Waals surface area contributed by atoms with E-state index in [9.17, 15) is 13.2 Å². The van der Waals surface area contributed by atoms with Gasteiger partial charge in [-0.2, -0.15) is 13.2 Å². The predicted molar refractivity (Wildman–Crippen MR) is 101 cm³/mol. The molecule has 2 aromatic carbocycles. The first-order chi connectivity index (χ1) is 12.6. The molecular weight excluding hydrogens is 357 g/mol. The van der Waals surface area contributed by atoms with Crippen molar-refractivity contribution in [3.63, 3.8) is 0 Å². The lowest BCUT2D eigenvalue weighted by Gasteiger charge is -2.14. The van der Waals surface area contributed by atoms with Gasteiger partial charge in [-0.05, 0) is 29.8 Å². The maximum atomic E-state index is 13.3. The summed E-state index contributed by atoms with van der Waals surface area (Å²) in [5.74, 6) is -0.528. The van der Waals surface area contributed by atoms with Gasteiger partial charge >= 0.3 is 6.18 Å². The molecule has 0 spiro atoms. The highest BCUT2D eigenvalue weighted by atomic mass is 19.4. The van der Waals surface area contributed by atoms with Crippen LogP contribution in [0.25, 0.3) is 5.57 Å². The molecule has 0 saturated heterocycles. The number of halogens is 3. The van der Waals surface area contributed by atoms with Crippen molar-refractivity contribution in [3.8, 4) is 0 Å². The zero-order chi connectivity index (χ0) is 20.2. The lowest BCUT2D eigenvalue weighted by Crippen LogP contribution is -2.18. The molecule has 0 saturated carbocycles. The number of rotatable bonds is 4. The lowest BCUT2D eigenvalue weighted by molar-refractivity contribution is -0.137. The van der Waals surface area contributed by atoms with Crippen molar-refractivity contribution in [2.75, 3.05) is 5.73 Å². The summed E-state index contributed by atoms with van der Waals surface area (Å²) in [5, 5.41) is 0. The Balaban J connectivity index is 2.50. The third-order valence-electron chi connectivity index (χ3n) is 3.61. The Bertz CT molecular complexity index is 925. The molecule has 27 heavy (non-hydrogen) atoms. The zero-order valence-electron chi connectivity index (χ0n) is 14.2. The van der Waals surface area contributed by atoms with E-state index in [1.807, 2.05) is 0 Å². The van der Waals surface area contributed by atoms with Crippen LogP contribution in [0.4, 0.5) is 18.9 Å². The number of aliphatic imine (C=N–C) groups is 1. The molecule has 2 aromatic rings. The molecule has 2 rings (SSSR count). The first kappa shape index (κ1) is 19.7. The van der Waals surface area contributed by atoms with E-state index < -0.39 is 11.7 Å². The van der Waals surface area contributed by atoms with Crippen molar-refractivity contribution in [1.29, 1.82) is 0 Å². The number of nitrogens with two attached hydrogens (primary N) is 5. The van der Waals surface area contributed by atoms with Crippen LogP contribution in [0.3, 0.4) is 0 Å². The second-order valence-corrected chi connectivity index (χ2v) is 5.57. The van der Waals surface area contributed by atoms with Gasteiger partial charge in [-0.15, -0.1) is 0 Å². The Labute approximate surface area is 153 Å². The number of allylic oxidation sites excluding steroid dienone is 2. The molecule has 0 heterocycles. The summed E-state index contributed by atoms with van der Waals surface area (Å²) < 4.78 is 39.8. The first-order valence-corrected chi connectivity index (χ1v) is 7.69. The fourth-order valence-corrected chi connectivity index (χ4v) is 2.39. The largest absolute Gasteiger partial charge is 0.417 e. The van der Waals surface area contributed by atoms with Crippen LogP contribution >= 0.6 is 0 Å².